The van der Waals surface area contributed by atoms with E-state index in [4.69, 9.17) is 0 Å². The number of hydrogen-bond acceptors (Lipinski definition) is 2. The molecule has 3 rings (SSSR count). The molecule has 2 nitrogen and oxygen atoms in total. The van der Waals surface area contributed by atoms with E-state index in [1.807, 2.05) is 0 Å². The predicted molar refractivity (Wildman–Crippen MR) is 53.9 cm³/mol. The lowest BCUT2D eigenvalue weighted by atomic mass is 9.91. The Labute approximate surface area is 89.0 Å². The van der Waals surface area contributed by atoms with Crippen molar-refractivity contribution in [1.82, 2.24) is 10.2 Å². The third kappa shape index (κ3) is 1.27. The van der Waals surface area contributed by atoms with Gasteiger partial charge in [0.15, 0.2) is 0 Å². The van der Waals surface area contributed by atoms with Crippen molar-refractivity contribution < 1.29 is 8.78 Å². The van der Waals surface area contributed by atoms with Gasteiger partial charge in [-0.05, 0) is 25.7 Å². The maximum absolute atomic E-state index is 13.2. The van der Waals surface area contributed by atoms with Gasteiger partial charge in [0.1, 0.15) is 5.66 Å². The summed E-state index contributed by atoms with van der Waals surface area (Å²) in [5.41, 5.74) is -0.959. The Morgan fingerprint density at radius 2 is 2.00 bits per heavy atom. The first-order valence-corrected chi connectivity index (χ1v) is 6.07. The van der Waals surface area contributed by atoms with E-state index in [9.17, 15) is 8.78 Å². The number of alkyl halides is 2. The second kappa shape index (κ2) is 3.39. The number of hydrogen-bond donors (Lipinski definition) is 1. The molecule has 0 aromatic heterocycles. The zero-order chi connectivity index (χ0) is 10.5. The molecule has 1 N–H and O–H groups in total. The summed E-state index contributed by atoms with van der Waals surface area (Å²) in [4.78, 5) is 2.07. The number of halogens is 2. The second-order valence-electron chi connectivity index (χ2n) is 5.12. The minimum Gasteiger partial charge on any atom is -0.290 e. The number of nitrogens with one attached hydrogen (secondary N) is 1. The van der Waals surface area contributed by atoms with Gasteiger partial charge in [0, 0.05) is 18.6 Å². The SMILES string of the molecule is FC(F)C12CCCN1[C@@H]1CCCC[C@H]1N2. The zero-order valence-corrected chi connectivity index (χ0v) is 8.88. The Morgan fingerprint density at radius 1 is 1.20 bits per heavy atom. The highest BCUT2D eigenvalue weighted by Gasteiger charge is 2.58. The van der Waals surface area contributed by atoms with Crippen molar-refractivity contribution in [2.45, 2.75) is 62.7 Å². The van der Waals surface area contributed by atoms with Gasteiger partial charge in [0.25, 0.3) is 6.43 Å². The molecule has 0 radical (unpaired) electrons. The molecule has 0 aromatic rings. The lowest BCUT2D eigenvalue weighted by Crippen LogP contribution is -2.54. The molecule has 0 aromatic carbocycles. The van der Waals surface area contributed by atoms with Crippen LogP contribution in [0.4, 0.5) is 8.78 Å². The van der Waals surface area contributed by atoms with Crippen molar-refractivity contribution in [1.29, 1.82) is 0 Å². The first-order chi connectivity index (χ1) is 7.24. The number of nitrogens with zero attached hydrogens (tertiary/aromatic N) is 1. The molecule has 2 saturated heterocycles. The largest absolute Gasteiger partial charge is 0.290 e. The summed E-state index contributed by atoms with van der Waals surface area (Å²) in [6.45, 7) is 0.860. The second-order valence-corrected chi connectivity index (χ2v) is 5.12. The van der Waals surface area contributed by atoms with Crippen LogP contribution in [-0.2, 0) is 0 Å². The van der Waals surface area contributed by atoms with E-state index in [1.54, 1.807) is 0 Å². The van der Waals surface area contributed by atoms with Crippen LogP contribution < -0.4 is 5.32 Å². The van der Waals surface area contributed by atoms with E-state index in [1.165, 1.54) is 12.8 Å². The van der Waals surface area contributed by atoms with Crippen LogP contribution in [0.1, 0.15) is 38.5 Å². The van der Waals surface area contributed by atoms with E-state index in [0.29, 0.717) is 18.5 Å². The van der Waals surface area contributed by atoms with Crippen LogP contribution in [0.2, 0.25) is 0 Å². The van der Waals surface area contributed by atoms with Crippen molar-refractivity contribution in [3.63, 3.8) is 0 Å². The lowest BCUT2D eigenvalue weighted by molar-refractivity contribution is -0.0332. The van der Waals surface area contributed by atoms with Gasteiger partial charge < -0.3 is 0 Å². The Kier molecular flexibility index (Phi) is 2.25. The third-order valence-electron chi connectivity index (χ3n) is 4.40. The molecule has 3 atom stereocenters. The maximum atomic E-state index is 13.2. The van der Waals surface area contributed by atoms with Crippen molar-refractivity contribution in [3.05, 3.63) is 0 Å². The van der Waals surface area contributed by atoms with Crippen LogP contribution in [0.5, 0.6) is 0 Å². The fourth-order valence-corrected chi connectivity index (χ4v) is 3.75. The predicted octanol–water partition coefficient (Wildman–Crippen LogP) is 1.96. The first-order valence-electron chi connectivity index (χ1n) is 6.07. The molecule has 1 unspecified atom stereocenters. The normalized spacial score (nSPS) is 45.8. The van der Waals surface area contributed by atoms with Gasteiger partial charge in [-0.3, -0.25) is 10.2 Å². The quantitative estimate of drug-likeness (QED) is 0.720. The molecule has 1 saturated carbocycles. The van der Waals surface area contributed by atoms with Crippen molar-refractivity contribution in [3.8, 4) is 0 Å². The average molecular weight is 216 g/mol. The fourth-order valence-electron chi connectivity index (χ4n) is 3.75. The van der Waals surface area contributed by atoms with Crippen LogP contribution in [0, 0.1) is 0 Å². The van der Waals surface area contributed by atoms with Gasteiger partial charge in [-0.15, -0.1) is 0 Å². The van der Waals surface area contributed by atoms with E-state index < -0.39 is 12.1 Å². The van der Waals surface area contributed by atoms with Crippen LogP contribution >= 0.6 is 0 Å². The van der Waals surface area contributed by atoms with Gasteiger partial charge in [-0.2, -0.15) is 0 Å². The molecule has 15 heavy (non-hydrogen) atoms. The molecule has 4 heteroatoms. The fraction of sp³-hybridized carbons (Fsp3) is 1.00. The Balaban J connectivity index is 1.89. The smallest absolute Gasteiger partial charge is 0.269 e. The van der Waals surface area contributed by atoms with Gasteiger partial charge in [-0.25, -0.2) is 8.78 Å². The summed E-state index contributed by atoms with van der Waals surface area (Å²) < 4.78 is 26.4. The number of fused-ring (bicyclic) bond motifs is 3. The van der Waals surface area contributed by atoms with Crippen molar-refractivity contribution in [2.75, 3.05) is 6.54 Å². The van der Waals surface area contributed by atoms with Gasteiger partial charge in [0.05, 0.1) is 0 Å². The zero-order valence-electron chi connectivity index (χ0n) is 8.88. The standard InChI is InChI=1S/C11H18F2N2/c12-10(13)11-6-3-7-15(11)9-5-2-1-4-8(9)14-11/h8-10,14H,1-7H2/t8-,9-,11?/m1/s1. The summed E-state index contributed by atoms with van der Waals surface area (Å²) in [6, 6.07) is 0.711. The Bertz CT molecular complexity index is 259. The Hall–Kier alpha value is -0.220. The Morgan fingerprint density at radius 3 is 2.80 bits per heavy atom. The first kappa shape index (κ1) is 9.97. The van der Waals surface area contributed by atoms with Crippen LogP contribution in [0.3, 0.4) is 0 Å². The molecular weight excluding hydrogens is 198 g/mol. The van der Waals surface area contributed by atoms with Crippen LogP contribution in [0.15, 0.2) is 0 Å². The monoisotopic (exact) mass is 216 g/mol. The van der Waals surface area contributed by atoms with Crippen LogP contribution in [-0.4, -0.2) is 35.6 Å². The molecule has 86 valence electrons. The highest BCUT2D eigenvalue weighted by Crippen LogP contribution is 2.43. The number of rotatable bonds is 1. The summed E-state index contributed by atoms with van der Waals surface area (Å²) in [6.07, 6.45) is 3.88. The van der Waals surface area contributed by atoms with Gasteiger partial charge in [-0.1, -0.05) is 12.8 Å². The highest BCUT2D eigenvalue weighted by molar-refractivity contribution is 5.10. The summed E-state index contributed by atoms with van der Waals surface area (Å²) in [7, 11) is 0. The molecule has 3 fully saturated rings. The van der Waals surface area contributed by atoms with Crippen LogP contribution in [0.25, 0.3) is 0 Å². The lowest BCUT2D eigenvalue weighted by Gasteiger charge is -2.34. The summed E-state index contributed by atoms with van der Waals surface area (Å²) >= 11 is 0. The summed E-state index contributed by atoms with van der Waals surface area (Å²) in [5, 5.41) is 3.24. The highest BCUT2D eigenvalue weighted by atomic mass is 19.3. The minimum absolute atomic E-state index is 0.327. The molecular formula is C11H18F2N2. The molecule has 0 spiro atoms. The molecule has 0 bridgehead atoms. The molecule has 2 heterocycles. The minimum atomic E-state index is -2.24. The maximum Gasteiger partial charge on any atom is 0.269 e. The summed E-state index contributed by atoms with van der Waals surface area (Å²) in [5.74, 6) is 0. The van der Waals surface area contributed by atoms with Gasteiger partial charge in [0.2, 0.25) is 0 Å². The topological polar surface area (TPSA) is 15.3 Å². The molecule has 0 amide bonds. The van der Waals surface area contributed by atoms with Crippen molar-refractivity contribution in [2.24, 2.45) is 0 Å². The molecule has 1 aliphatic carbocycles. The average Bonchev–Trinajstić information content (AvgIpc) is 2.73. The molecule has 2 aliphatic heterocycles. The van der Waals surface area contributed by atoms with Crippen molar-refractivity contribution >= 4 is 0 Å². The van der Waals surface area contributed by atoms with Gasteiger partial charge >= 0.3 is 0 Å². The third-order valence-corrected chi connectivity index (χ3v) is 4.40. The van der Waals surface area contributed by atoms with E-state index in [2.05, 4.69) is 10.2 Å². The van der Waals surface area contributed by atoms with E-state index >= 15 is 0 Å². The van der Waals surface area contributed by atoms with E-state index in [0.717, 1.165) is 25.8 Å². The molecule has 3 aliphatic rings. The van der Waals surface area contributed by atoms with E-state index in [-0.39, 0.29) is 0 Å².